The van der Waals surface area contributed by atoms with E-state index in [4.69, 9.17) is 4.74 Å². The van der Waals surface area contributed by atoms with Crippen molar-refractivity contribution in [3.05, 3.63) is 0 Å². The van der Waals surface area contributed by atoms with Gasteiger partial charge in [-0.3, -0.25) is 0 Å². The molecule has 1 saturated heterocycles. The zero-order valence-corrected chi connectivity index (χ0v) is 13.6. The molecule has 1 aromatic heterocycles. The Morgan fingerprint density at radius 2 is 2.00 bits per heavy atom. The molecule has 118 valence electrons. The SMILES string of the molecule is CCCNc1nc(OCCC)nc(N2CC(C)CC2C)n1. The Labute approximate surface area is 127 Å². The van der Waals surface area contributed by atoms with Gasteiger partial charge in [-0.25, -0.2) is 0 Å². The Hall–Kier alpha value is -1.59. The second kappa shape index (κ2) is 7.43. The fraction of sp³-hybridized carbons (Fsp3) is 0.800. The Morgan fingerprint density at radius 1 is 1.19 bits per heavy atom. The van der Waals surface area contributed by atoms with Crippen molar-refractivity contribution < 1.29 is 4.74 Å². The van der Waals surface area contributed by atoms with E-state index in [1.807, 2.05) is 0 Å². The fourth-order valence-electron chi connectivity index (χ4n) is 2.63. The molecule has 0 amide bonds. The van der Waals surface area contributed by atoms with Crippen LogP contribution in [0.5, 0.6) is 6.01 Å². The van der Waals surface area contributed by atoms with Crippen molar-refractivity contribution in [3.63, 3.8) is 0 Å². The number of aromatic nitrogens is 3. The van der Waals surface area contributed by atoms with Crippen molar-refractivity contribution in [2.24, 2.45) is 5.92 Å². The van der Waals surface area contributed by atoms with E-state index in [-0.39, 0.29) is 0 Å². The van der Waals surface area contributed by atoms with Crippen molar-refractivity contribution in [1.82, 2.24) is 15.0 Å². The van der Waals surface area contributed by atoms with Gasteiger partial charge in [0.25, 0.3) is 0 Å². The Kier molecular flexibility index (Phi) is 5.59. The maximum absolute atomic E-state index is 5.61. The predicted molar refractivity (Wildman–Crippen MR) is 85.0 cm³/mol. The largest absolute Gasteiger partial charge is 0.463 e. The van der Waals surface area contributed by atoms with Gasteiger partial charge in [0.15, 0.2) is 0 Å². The minimum atomic E-state index is 0.423. The van der Waals surface area contributed by atoms with E-state index < -0.39 is 0 Å². The van der Waals surface area contributed by atoms with E-state index in [0.29, 0.717) is 30.5 Å². The van der Waals surface area contributed by atoms with Gasteiger partial charge in [0.2, 0.25) is 11.9 Å². The molecule has 2 unspecified atom stereocenters. The normalized spacial score (nSPS) is 21.6. The number of hydrogen-bond acceptors (Lipinski definition) is 6. The van der Waals surface area contributed by atoms with Crippen LogP contribution in [0.25, 0.3) is 0 Å². The molecular weight excluding hydrogens is 266 g/mol. The number of nitrogens with zero attached hydrogens (tertiary/aromatic N) is 4. The summed E-state index contributed by atoms with van der Waals surface area (Å²) in [6, 6.07) is 0.882. The lowest BCUT2D eigenvalue weighted by atomic mass is 10.1. The standard InChI is InChI=1S/C15H27N5O/c1-5-7-16-13-17-14(19-15(18-13)21-8-6-2)20-10-11(3)9-12(20)4/h11-12H,5-10H2,1-4H3,(H,16,17,18,19). The first kappa shape index (κ1) is 15.8. The summed E-state index contributed by atoms with van der Waals surface area (Å²) in [6.07, 6.45) is 3.15. The van der Waals surface area contributed by atoms with Gasteiger partial charge in [-0.1, -0.05) is 20.8 Å². The van der Waals surface area contributed by atoms with Crippen LogP contribution in [0.1, 0.15) is 47.0 Å². The summed E-state index contributed by atoms with van der Waals surface area (Å²) >= 11 is 0. The van der Waals surface area contributed by atoms with Crippen LogP contribution in [-0.4, -0.2) is 40.7 Å². The Morgan fingerprint density at radius 3 is 2.62 bits per heavy atom. The quantitative estimate of drug-likeness (QED) is 0.834. The molecule has 1 aliphatic heterocycles. The molecule has 0 bridgehead atoms. The summed E-state index contributed by atoms with van der Waals surface area (Å²) in [5, 5.41) is 3.23. The van der Waals surface area contributed by atoms with Crippen molar-refractivity contribution >= 4 is 11.9 Å². The van der Waals surface area contributed by atoms with Crippen molar-refractivity contribution in [2.45, 2.75) is 53.0 Å². The highest BCUT2D eigenvalue weighted by Gasteiger charge is 2.29. The van der Waals surface area contributed by atoms with Crippen LogP contribution in [-0.2, 0) is 0 Å². The zero-order chi connectivity index (χ0) is 15.2. The second-order valence-corrected chi connectivity index (χ2v) is 5.86. The molecule has 2 atom stereocenters. The van der Waals surface area contributed by atoms with Crippen LogP contribution in [0, 0.1) is 5.92 Å². The molecule has 1 aliphatic rings. The Balaban J connectivity index is 2.21. The molecule has 0 aliphatic carbocycles. The minimum absolute atomic E-state index is 0.423. The van der Waals surface area contributed by atoms with Gasteiger partial charge in [0, 0.05) is 19.1 Å². The lowest BCUT2D eigenvalue weighted by molar-refractivity contribution is 0.291. The fourth-order valence-corrected chi connectivity index (χ4v) is 2.63. The molecule has 0 spiro atoms. The summed E-state index contributed by atoms with van der Waals surface area (Å²) in [5.74, 6) is 2.01. The van der Waals surface area contributed by atoms with Gasteiger partial charge >= 0.3 is 6.01 Å². The van der Waals surface area contributed by atoms with Gasteiger partial charge in [0.1, 0.15) is 0 Å². The average Bonchev–Trinajstić information content (AvgIpc) is 2.81. The molecule has 1 fully saturated rings. The van der Waals surface area contributed by atoms with Crippen molar-refractivity contribution in [3.8, 4) is 6.01 Å². The predicted octanol–water partition coefficient (Wildman–Crippen LogP) is 2.72. The molecule has 1 N–H and O–H groups in total. The number of nitrogens with one attached hydrogen (secondary N) is 1. The third-order valence-corrected chi connectivity index (χ3v) is 3.61. The molecule has 1 aromatic rings. The van der Waals surface area contributed by atoms with Crippen LogP contribution < -0.4 is 15.0 Å². The molecule has 2 rings (SSSR count). The van der Waals surface area contributed by atoms with Gasteiger partial charge < -0.3 is 15.0 Å². The maximum atomic E-state index is 5.61. The molecule has 0 saturated carbocycles. The van der Waals surface area contributed by atoms with E-state index >= 15 is 0 Å². The lowest BCUT2D eigenvalue weighted by Gasteiger charge is -2.22. The molecule has 0 aromatic carbocycles. The number of anilines is 2. The molecule has 0 radical (unpaired) electrons. The molecule has 6 heteroatoms. The summed E-state index contributed by atoms with van der Waals surface area (Å²) in [6.45, 7) is 11.1. The first-order chi connectivity index (χ1) is 10.1. The average molecular weight is 293 g/mol. The van der Waals surface area contributed by atoms with Gasteiger partial charge in [0.05, 0.1) is 6.61 Å². The first-order valence-corrected chi connectivity index (χ1v) is 8.03. The summed E-state index contributed by atoms with van der Waals surface area (Å²) < 4.78 is 5.61. The lowest BCUT2D eigenvalue weighted by Crippen LogP contribution is -2.29. The van der Waals surface area contributed by atoms with E-state index in [9.17, 15) is 0 Å². The minimum Gasteiger partial charge on any atom is -0.463 e. The highest BCUT2D eigenvalue weighted by molar-refractivity contribution is 5.40. The Bertz CT molecular complexity index is 427. The van der Waals surface area contributed by atoms with E-state index in [0.717, 1.165) is 31.9 Å². The highest BCUT2D eigenvalue weighted by atomic mass is 16.5. The molecule has 2 heterocycles. The third-order valence-electron chi connectivity index (χ3n) is 3.61. The summed E-state index contributed by atoms with van der Waals surface area (Å²) in [4.78, 5) is 15.6. The zero-order valence-electron chi connectivity index (χ0n) is 13.6. The molecule has 21 heavy (non-hydrogen) atoms. The van der Waals surface area contributed by atoms with Crippen molar-refractivity contribution in [1.29, 1.82) is 0 Å². The second-order valence-electron chi connectivity index (χ2n) is 5.86. The maximum Gasteiger partial charge on any atom is 0.323 e. The third kappa shape index (κ3) is 4.19. The van der Waals surface area contributed by atoms with Crippen molar-refractivity contribution in [2.75, 3.05) is 29.9 Å². The number of ether oxygens (including phenoxy) is 1. The number of hydrogen-bond donors (Lipinski definition) is 1. The molecule has 6 nitrogen and oxygen atoms in total. The van der Waals surface area contributed by atoms with Crippen LogP contribution in [0.4, 0.5) is 11.9 Å². The topological polar surface area (TPSA) is 63.2 Å². The van der Waals surface area contributed by atoms with Crippen LogP contribution >= 0.6 is 0 Å². The molecular formula is C15H27N5O. The van der Waals surface area contributed by atoms with E-state index in [2.05, 4.69) is 52.9 Å². The van der Waals surface area contributed by atoms with Gasteiger partial charge in [-0.05, 0) is 32.1 Å². The van der Waals surface area contributed by atoms with Crippen LogP contribution in [0.3, 0.4) is 0 Å². The number of rotatable bonds is 7. The van der Waals surface area contributed by atoms with E-state index in [1.165, 1.54) is 6.42 Å². The smallest absolute Gasteiger partial charge is 0.323 e. The summed E-state index contributed by atoms with van der Waals surface area (Å²) in [5.41, 5.74) is 0. The van der Waals surface area contributed by atoms with Crippen LogP contribution in [0.15, 0.2) is 0 Å². The highest BCUT2D eigenvalue weighted by Crippen LogP contribution is 2.27. The van der Waals surface area contributed by atoms with Gasteiger partial charge in [-0.2, -0.15) is 15.0 Å². The summed E-state index contributed by atoms with van der Waals surface area (Å²) in [7, 11) is 0. The monoisotopic (exact) mass is 293 g/mol. The first-order valence-electron chi connectivity index (χ1n) is 8.03. The van der Waals surface area contributed by atoms with Gasteiger partial charge in [-0.15, -0.1) is 0 Å². The van der Waals surface area contributed by atoms with E-state index in [1.54, 1.807) is 0 Å². The van der Waals surface area contributed by atoms with Crippen LogP contribution in [0.2, 0.25) is 0 Å².